The second-order valence-corrected chi connectivity index (χ2v) is 7.17. The van der Waals surface area contributed by atoms with Gasteiger partial charge in [-0.1, -0.05) is 46.6 Å². The van der Waals surface area contributed by atoms with E-state index in [9.17, 15) is 9.59 Å². The Kier molecular flexibility index (Phi) is 5.22. The van der Waals surface area contributed by atoms with Crippen LogP contribution < -0.4 is 0 Å². The van der Waals surface area contributed by atoms with Crippen molar-refractivity contribution in [2.75, 3.05) is 6.61 Å². The molecule has 2 aromatic heterocycles. The van der Waals surface area contributed by atoms with Crippen LogP contribution in [0.4, 0.5) is 0 Å². The van der Waals surface area contributed by atoms with Crippen molar-refractivity contribution in [1.82, 2.24) is 5.16 Å². The van der Waals surface area contributed by atoms with Crippen LogP contribution in [0.1, 0.15) is 25.8 Å². The minimum absolute atomic E-state index is 0.144. The van der Waals surface area contributed by atoms with Gasteiger partial charge in [-0.25, -0.2) is 4.79 Å². The first-order valence-corrected chi connectivity index (χ1v) is 8.71. The summed E-state index contributed by atoms with van der Waals surface area (Å²) in [6, 6.07) is 10.1. The largest absolute Gasteiger partial charge is 0.454 e. The third-order valence-corrected chi connectivity index (χ3v) is 4.98. The van der Waals surface area contributed by atoms with Gasteiger partial charge >= 0.3 is 5.97 Å². The predicted molar refractivity (Wildman–Crippen MR) is 95.6 cm³/mol. The van der Waals surface area contributed by atoms with Gasteiger partial charge in [0.25, 0.3) is 0 Å². The number of halogens is 2. The Morgan fingerprint density at radius 3 is 2.64 bits per heavy atom. The van der Waals surface area contributed by atoms with Gasteiger partial charge < -0.3 is 9.26 Å². The third-order valence-electron chi connectivity index (χ3n) is 3.38. The molecule has 1 aromatic carbocycles. The van der Waals surface area contributed by atoms with E-state index in [1.807, 2.05) is 0 Å². The topological polar surface area (TPSA) is 69.4 Å². The van der Waals surface area contributed by atoms with Crippen LogP contribution in [0, 0.1) is 6.92 Å². The summed E-state index contributed by atoms with van der Waals surface area (Å²) < 4.78 is 10.7. The van der Waals surface area contributed by atoms with Gasteiger partial charge in [0, 0.05) is 5.56 Å². The van der Waals surface area contributed by atoms with Crippen LogP contribution in [-0.4, -0.2) is 23.5 Å². The number of carbonyl (C=O) groups is 2. The number of rotatable bonds is 5. The Bertz CT molecular complexity index is 948. The Morgan fingerprint density at radius 1 is 1.20 bits per heavy atom. The smallest absolute Gasteiger partial charge is 0.344 e. The van der Waals surface area contributed by atoms with Crippen molar-refractivity contribution >= 4 is 46.3 Å². The molecule has 0 saturated carbocycles. The van der Waals surface area contributed by atoms with E-state index in [1.54, 1.807) is 43.3 Å². The van der Waals surface area contributed by atoms with Crippen molar-refractivity contribution in [2.45, 2.75) is 6.92 Å². The summed E-state index contributed by atoms with van der Waals surface area (Å²) in [5, 5.41) is 4.32. The molecule has 0 aliphatic rings. The molecule has 5 nitrogen and oxygen atoms in total. The molecule has 0 atom stereocenters. The molecule has 0 aliphatic carbocycles. The van der Waals surface area contributed by atoms with Gasteiger partial charge in [0.1, 0.15) is 17.0 Å². The number of ketones is 1. The molecule has 0 saturated heterocycles. The normalized spacial score (nSPS) is 10.7. The number of Topliss-reactive ketones (excluding diaryl/α,β-unsaturated/α-hetero) is 1. The maximum absolute atomic E-state index is 12.4. The second kappa shape index (κ2) is 7.39. The van der Waals surface area contributed by atoms with Crippen molar-refractivity contribution in [2.24, 2.45) is 0 Å². The van der Waals surface area contributed by atoms with E-state index in [-0.39, 0.29) is 22.8 Å². The Morgan fingerprint density at radius 2 is 1.96 bits per heavy atom. The molecule has 0 unspecified atom stereocenters. The number of ether oxygens (including phenoxy) is 1. The first-order chi connectivity index (χ1) is 12.0. The fourth-order valence-electron chi connectivity index (χ4n) is 2.19. The molecule has 3 aromatic rings. The lowest BCUT2D eigenvalue weighted by Gasteiger charge is -2.05. The number of hydrogen-bond donors (Lipinski definition) is 0. The Hall–Kier alpha value is -2.15. The molecule has 0 fully saturated rings. The summed E-state index contributed by atoms with van der Waals surface area (Å²) in [5.41, 5.74) is 0.967. The van der Waals surface area contributed by atoms with E-state index in [0.717, 1.165) is 11.3 Å². The zero-order chi connectivity index (χ0) is 18.0. The minimum Gasteiger partial charge on any atom is -0.454 e. The summed E-state index contributed by atoms with van der Waals surface area (Å²) in [7, 11) is 0. The number of aryl methyl sites for hydroxylation is 1. The standard InChI is InChI=1S/C17H11Cl2NO4S/c1-9-15(16(20-24-9)10-4-2-3-5-11(10)18)17(22)23-8-12(21)13-6-7-14(19)25-13/h2-7H,8H2,1H3. The second-order valence-electron chi connectivity index (χ2n) is 5.05. The SMILES string of the molecule is Cc1onc(-c2ccccc2Cl)c1C(=O)OCC(=O)c1ccc(Cl)s1. The number of hydrogen-bond acceptors (Lipinski definition) is 6. The van der Waals surface area contributed by atoms with E-state index < -0.39 is 12.6 Å². The molecule has 0 aliphatic heterocycles. The molecule has 0 N–H and O–H groups in total. The highest BCUT2D eigenvalue weighted by Crippen LogP contribution is 2.31. The van der Waals surface area contributed by atoms with E-state index in [2.05, 4.69) is 5.16 Å². The van der Waals surface area contributed by atoms with Gasteiger partial charge in [0.05, 0.1) is 14.2 Å². The van der Waals surface area contributed by atoms with Crippen LogP contribution in [0.25, 0.3) is 11.3 Å². The zero-order valence-electron chi connectivity index (χ0n) is 12.9. The molecule has 8 heteroatoms. The number of benzene rings is 1. The number of aromatic nitrogens is 1. The summed E-state index contributed by atoms with van der Waals surface area (Å²) in [6.07, 6.45) is 0. The molecule has 0 bridgehead atoms. The van der Waals surface area contributed by atoms with Crippen LogP contribution in [0.5, 0.6) is 0 Å². The predicted octanol–water partition coefficient (Wildman–Crippen LogP) is 5.06. The van der Waals surface area contributed by atoms with Crippen LogP contribution >= 0.6 is 34.5 Å². The van der Waals surface area contributed by atoms with Gasteiger partial charge in [-0.2, -0.15) is 0 Å². The van der Waals surface area contributed by atoms with Gasteiger partial charge in [0.15, 0.2) is 6.61 Å². The lowest BCUT2D eigenvalue weighted by Crippen LogP contribution is -2.14. The molecule has 0 radical (unpaired) electrons. The van der Waals surface area contributed by atoms with E-state index >= 15 is 0 Å². The number of nitrogens with zero attached hydrogens (tertiary/aromatic N) is 1. The maximum Gasteiger partial charge on any atom is 0.344 e. The summed E-state index contributed by atoms with van der Waals surface area (Å²) >= 11 is 13.1. The first-order valence-electron chi connectivity index (χ1n) is 7.14. The maximum atomic E-state index is 12.4. The highest BCUT2D eigenvalue weighted by molar-refractivity contribution is 7.18. The fraction of sp³-hybridized carbons (Fsp3) is 0.118. The number of thiophene rings is 1. The van der Waals surface area contributed by atoms with Gasteiger partial charge in [-0.3, -0.25) is 4.79 Å². The average molecular weight is 396 g/mol. The molecule has 0 amide bonds. The van der Waals surface area contributed by atoms with E-state index in [4.69, 9.17) is 32.5 Å². The summed E-state index contributed by atoms with van der Waals surface area (Å²) in [6.45, 7) is 1.19. The average Bonchev–Trinajstić information content (AvgIpc) is 3.19. The monoisotopic (exact) mass is 395 g/mol. The minimum atomic E-state index is -0.704. The fourth-order valence-corrected chi connectivity index (χ4v) is 3.38. The summed E-state index contributed by atoms with van der Waals surface area (Å²) in [5.74, 6) is -0.755. The number of esters is 1. The Labute approximate surface area is 157 Å². The van der Waals surface area contributed by atoms with E-state index in [1.165, 1.54) is 0 Å². The van der Waals surface area contributed by atoms with Gasteiger partial charge in [-0.05, 0) is 25.1 Å². The highest BCUT2D eigenvalue weighted by Gasteiger charge is 2.25. The van der Waals surface area contributed by atoms with Gasteiger partial charge in [-0.15, -0.1) is 11.3 Å². The van der Waals surface area contributed by atoms with Crippen LogP contribution in [0.2, 0.25) is 9.36 Å². The first kappa shape index (κ1) is 17.7. The molecule has 3 rings (SSSR count). The van der Waals surface area contributed by atoms with Crippen LogP contribution in [0.3, 0.4) is 0 Å². The quantitative estimate of drug-likeness (QED) is 0.446. The van der Waals surface area contributed by atoms with Crippen molar-refractivity contribution in [3.8, 4) is 11.3 Å². The van der Waals surface area contributed by atoms with Gasteiger partial charge in [0.2, 0.25) is 5.78 Å². The van der Waals surface area contributed by atoms with Crippen molar-refractivity contribution in [1.29, 1.82) is 0 Å². The molecule has 0 spiro atoms. The van der Waals surface area contributed by atoms with Crippen molar-refractivity contribution in [3.63, 3.8) is 0 Å². The zero-order valence-corrected chi connectivity index (χ0v) is 15.2. The van der Waals surface area contributed by atoms with Crippen LogP contribution in [0.15, 0.2) is 40.9 Å². The van der Waals surface area contributed by atoms with Crippen LogP contribution in [-0.2, 0) is 4.74 Å². The lowest BCUT2D eigenvalue weighted by atomic mass is 10.1. The molecular weight excluding hydrogens is 385 g/mol. The highest BCUT2D eigenvalue weighted by atomic mass is 35.5. The molecule has 2 heterocycles. The molecule has 25 heavy (non-hydrogen) atoms. The van der Waals surface area contributed by atoms with Crippen molar-refractivity contribution in [3.05, 3.63) is 62.0 Å². The van der Waals surface area contributed by atoms with E-state index in [0.29, 0.717) is 19.8 Å². The molecular formula is C17H11Cl2NO4S. The number of carbonyl (C=O) groups excluding carboxylic acids is 2. The Balaban J connectivity index is 1.80. The lowest BCUT2D eigenvalue weighted by molar-refractivity contribution is 0.0474. The summed E-state index contributed by atoms with van der Waals surface area (Å²) in [4.78, 5) is 24.9. The van der Waals surface area contributed by atoms with Crippen molar-refractivity contribution < 1.29 is 18.8 Å². The molecule has 128 valence electrons. The third kappa shape index (κ3) is 3.76.